The number of hydrogen-bond acceptors (Lipinski definition) is 4. The molecule has 0 aromatic heterocycles. The molecular formula is C4H7N4O3+. The molecule has 0 fully saturated rings. The maximum absolute atomic E-state index is 10.4. The minimum absolute atomic E-state index is 0.346. The Kier molecular flexibility index (Phi) is 4.30. The summed E-state index contributed by atoms with van der Waals surface area (Å²) in [6.07, 6.45) is 0.699. The molecule has 0 rings (SSSR count). The molecular weight excluding hydrogens is 152 g/mol. The van der Waals surface area contributed by atoms with E-state index < -0.39 is 11.8 Å². The van der Waals surface area contributed by atoms with Gasteiger partial charge in [0.15, 0.2) is 0 Å². The molecule has 0 aromatic carbocycles. The highest BCUT2D eigenvalue weighted by Crippen LogP contribution is 1.60. The average Bonchev–Trinajstić information content (AvgIpc) is 2.01. The SMILES string of the molecule is N=[N+]=CC(=O)NCC(=O)NO. The Hall–Kier alpha value is -1.72. The van der Waals surface area contributed by atoms with Gasteiger partial charge in [0.2, 0.25) is 0 Å². The van der Waals surface area contributed by atoms with Crippen molar-refractivity contribution in [2.45, 2.75) is 0 Å². The fourth-order valence-electron chi connectivity index (χ4n) is 0.311. The zero-order chi connectivity index (χ0) is 8.69. The fraction of sp³-hybridized carbons (Fsp3) is 0.250. The summed E-state index contributed by atoms with van der Waals surface area (Å²) >= 11 is 0. The van der Waals surface area contributed by atoms with Crippen molar-refractivity contribution in [3.8, 4) is 0 Å². The van der Waals surface area contributed by atoms with E-state index >= 15 is 0 Å². The number of hydrogen-bond donors (Lipinski definition) is 4. The summed E-state index contributed by atoms with van der Waals surface area (Å²) in [7, 11) is 0. The van der Waals surface area contributed by atoms with Crippen LogP contribution in [-0.4, -0.2) is 34.6 Å². The zero-order valence-corrected chi connectivity index (χ0v) is 5.50. The average molecular weight is 159 g/mol. The Morgan fingerprint density at radius 2 is 2.27 bits per heavy atom. The Bertz CT molecular complexity index is 207. The first kappa shape index (κ1) is 9.28. The fourth-order valence-corrected chi connectivity index (χ4v) is 0.311. The van der Waals surface area contributed by atoms with Gasteiger partial charge in [-0.1, -0.05) is 0 Å². The van der Waals surface area contributed by atoms with Gasteiger partial charge in [-0.2, -0.15) is 0 Å². The summed E-state index contributed by atoms with van der Waals surface area (Å²) in [5.41, 5.74) is 7.54. The van der Waals surface area contributed by atoms with Crippen molar-refractivity contribution >= 4 is 18.0 Å². The summed E-state index contributed by atoms with van der Waals surface area (Å²) < 4.78 is 0. The largest absolute Gasteiger partial charge is 0.394 e. The van der Waals surface area contributed by atoms with E-state index in [2.05, 4.69) is 10.1 Å². The predicted octanol–water partition coefficient (Wildman–Crippen LogP) is -2.08. The van der Waals surface area contributed by atoms with Gasteiger partial charge in [0.1, 0.15) is 0 Å². The van der Waals surface area contributed by atoms with Crippen LogP contribution < -0.4 is 10.8 Å². The lowest BCUT2D eigenvalue weighted by atomic mass is 10.5. The van der Waals surface area contributed by atoms with Crippen molar-refractivity contribution in [1.29, 1.82) is 5.53 Å². The van der Waals surface area contributed by atoms with Gasteiger partial charge in [0, 0.05) is 0 Å². The highest BCUT2D eigenvalue weighted by atomic mass is 16.5. The lowest BCUT2D eigenvalue weighted by Crippen LogP contribution is -2.36. The third-order valence-corrected chi connectivity index (χ3v) is 0.730. The van der Waals surface area contributed by atoms with Crippen molar-refractivity contribution in [1.82, 2.24) is 10.8 Å². The molecule has 11 heavy (non-hydrogen) atoms. The van der Waals surface area contributed by atoms with E-state index in [0.717, 1.165) is 0 Å². The molecule has 0 atom stereocenters. The topological polar surface area (TPSA) is 116 Å². The Morgan fingerprint density at radius 1 is 1.64 bits per heavy atom. The number of nitrogens with one attached hydrogen (secondary N) is 3. The van der Waals surface area contributed by atoms with Crippen LogP contribution in [0.1, 0.15) is 0 Å². The number of hydroxylamine groups is 1. The number of nitrogens with zero attached hydrogens (tertiary/aromatic N) is 1. The van der Waals surface area contributed by atoms with Crippen molar-refractivity contribution in [3.05, 3.63) is 0 Å². The molecule has 0 aliphatic heterocycles. The van der Waals surface area contributed by atoms with E-state index in [9.17, 15) is 9.59 Å². The molecule has 0 heterocycles. The molecule has 0 aliphatic carbocycles. The van der Waals surface area contributed by atoms with Crippen molar-refractivity contribution < 1.29 is 19.6 Å². The molecule has 0 spiro atoms. The smallest absolute Gasteiger partial charge is 0.337 e. The molecule has 0 aliphatic rings. The molecule has 0 saturated carbocycles. The second-order valence-corrected chi connectivity index (χ2v) is 1.51. The van der Waals surface area contributed by atoms with E-state index in [1.54, 1.807) is 0 Å². The van der Waals surface area contributed by atoms with E-state index in [-0.39, 0.29) is 6.54 Å². The number of carbonyl (C=O) groups is 2. The summed E-state index contributed by atoms with van der Waals surface area (Å²) in [6.45, 7) is -0.346. The minimum Gasteiger partial charge on any atom is -0.337 e. The molecule has 7 nitrogen and oxygen atoms in total. The standard InChI is InChI=1S/C4H6N4O3/c5-7-2-3(9)6-1-4(10)8-11/h2,5H,1H2,(H2-,6,8,9,10,11)/p+1. The van der Waals surface area contributed by atoms with Gasteiger partial charge in [0.05, 0.1) is 16.9 Å². The van der Waals surface area contributed by atoms with Gasteiger partial charge < -0.3 is 5.32 Å². The first-order chi connectivity index (χ1) is 5.20. The van der Waals surface area contributed by atoms with Gasteiger partial charge in [-0.3, -0.25) is 14.8 Å². The molecule has 0 unspecified atom stereocenters. The van der Waals surface area contributed by atoms with Gasteiger partial charge in [-0.05, 0) is 0 Å². The van der Waals surface area contributed by atoms with E-state index in [4.69, 9.17) is 10.7 Å². The quantitative estimate of drug-likeness (QED) is 0.124. The molecule has 0 aromatic rings. The Balaban J connectivity index is 3.62. The first-order valence-electron chi connectivity index (χ1n) is 2.61. The minimum atomic E-state index is -0.739. The van der Waals surface area contributed by atoms with E-state index in [1.807, 2.05) is 0 Å². The van der Waals surface area contributed by atoms with Crippen LogP contribution in [0.25, 0.3) is 0 Å². The van der Waals surface area contributed by atoms with Crippen molar-refractivity contribution in [2.75, 3.05) is 6.54 Å². The summed E-state index contributed by atoms with van der Waals surface area (Å²) in [4.78, 5) is 23.3. The summed E-state index contributed by atoms with van der Waals surface area (Å²) in [5, 5.41) is 10.0. The van der Waals surface area contributed by atoms with Crippen LogP contribution in [0.5, 0.6) is 0 Å². The lowest BCUT2D eigenvalue weighted by Gasteiger charge is -1.95. The second-order valence-electron chi connectivity index (χ2n) is 1.51. The number of rotatable bonds is 3. The molecule has 0 bridgehead atoms. The Labute approximate surface area is 61.6 Å². The van der Waals surface area contributed by atoms with Crippen LogP contribution in [0.2, 0.25) is 0 Å². The third kappa shape index (κ3) is 4.76. The van der Waals surface area contributed by atoms with Crippen molar-refractivity contribution in [3.63, 3.8) is 0 Å². The van der Waals surface area contributed by atoms with Crippen LogP contribution in [0.4, 0.5) is 0 Å². The zero-order valence-electron chi connectivity index (χ0n) is 5.50. The van der Waals surface area contributed by atoms with E-state index in [1.165, 1.54) is 5.48 Å². The maximum Gasteiger partial charge on any atom is 0.394 e. The van der Waals surface area contributed by atoms with Crippen LogP contribution in [0.3, 0.4) is 0 Å². The highest BCUT2D eigenvalue weighted by molar-refractivity contribution is 6.24. The van der Waals surface area contributed by atoms with Crippen molar-refractivity contribution in [2.24, 2.45) is 0 Å². The molecule has 4 N–H and O–H groups in total. The van der Waals surface area contributed by atoms with Crippen LogP contribution in [0.15, 0.2) is 0 Å². The van der Waals surface area contributed by atoms with Gasteiger partial charge >= 0.3 is 12.1 Å². The van der Waals surface area contributed by atoms with Crippen LogP contribution in [-0.2, 0) is 9.59 Å². The van der Waals surface area contributed by atoms with Gasteiger partial charge in [-0.15, -0.1) is 0 Å². The highest BCUT2D eigenvalue weighted by Gasteiger charge is 2.04. The normalized spacial score (nSPS) is 7.73. The molecule has 7 heteroatoms. The molecule has 60 valence electrons. The monoisotopic (exact) mass is 159 g/mol. The number of amides is 2. The summed E-state index contributed by atoms with van der Waals surface area (Å²) in [5.74, 6) is -1.40. The third-order valence-electron chi connectivity index (χ3n) is 0.730. The van der Waals surface area contributed by atoms with Gasteiger partial charge in [-0.25, -0.2) is 5.48 Å². The first-order valence-corrected chi connectivity index (χ1v) is 2.61. The Morgan fingerprint density at radius 3 is 2.73 bits per heavy atom. The van der Waals surface area contributed by atoms with E-state index in [0.29, 0.717) is 6.21 Å². The van der Waals surface area contributed by atoms with Crippen LogP contribution in [0, 0.1) is 5.53 Å². The lowest BCUT2D eigenvalue weighted by molar-refractivity contribution is -0.135. The second kappa shape index (κ2) is 5.10. The maximum atomic E-state index is 10.4. The molecule has 0 radical (unpaired) electrons. The number of carbonyl (C=O) groups excluding carboxylic acids is 2. The summed E-state index contributed by atoms with van der Waals surface area (Å²) in [6, 6.07) is 0. The van der Waals surface area contributed by atoms with Gasteiger partial charge in [0.25, 0.3) is 5.91 Å². The molecule has 0 saturated heterocycles. The predicted molar refractivity (Wildman–Crippen MR) is 32.0 cm³/mol. The van der Waals surface area contributed by atoms with Crippen LogP contribution >= 0.6 is 0 Å². The molecule has 2 amide bonds.